The average Bonchev–Trinajstić information content (AvgIpc) is 2.35. The maximum absolute atomic E-state index is 13.4. The highest BCUT2D eigenvalue weighted by molar-refractivity contribution is 5.93. The summed E-state index contributed by atoms with van der Waals surface area (Å²) in [7, 11) is 0. The minimum absolute atomic E-state index is 0. The lowest BCUT2D eigenvalue weighted by molar-refractivity contribution is -0.120. The van der Waals surface area contributed by atoms with Crippen LogP contribution in [0.4, 0.5) is 10.1 Å². The molecule has 1 aromatic rings. The fourth-order valence-electron chi connectivity index (χ4n) is 2.35. The van der Waals surface area contributed by atoms with Crippen LogP contribution in [-0.2, 0) is 4.79 Å². The van der Waals surface area contributed by atoms with Crippen LogP contribution in [0.5, 0.6) is 0 Å². The first kappa shape index (κ1) is 15.9. The molecule has 19 heavy (non-hydrogen) atoms. The largest absolute Gasteiger partial charge is 0.326 e. The molecule has 1 heterocycles. The second kappa shape index (κ2) is 6.87. The molecule has 3 nitrogen and oxygen atoms in total. The number of rotatable bonds is 2. The molecule has 1 fully saturated rings. The summed E-state index contributed by atoms with van der Waals surface area (Å²) >= 11 is 0. The van der Waals surface area contributed by atoms with Crippen LogP contribution in [0.15, 0.2) is 18.2 Å². The van der Waals surface area contributed by atoms with Crippen molar-refractivity contribution in [1.29, 1.82) is 0 Å². The van der Waals surface area contributed by atoms with Crippen molar-refractivity contribution in [3.63, 3.8) is 0 Å². The van der Waals surface area contributed by atoms with Crippen LogP contribution in [0.1, 0.15) is 25.3 Å². The Balaban J connectivity index is 0.00000180. The second-order valence-corrected chi connectivity index (χ2v) is 4.98. The van der Waals surface area contributed by atoms with Crippen molar-refractivity contribution in [3.05, 3.63) is 29.6 Å². The third kappa shape index (κ3) is 3.91. The predicted octanol–water partition coefficient (Wildman–Crippen LogP) is 2.88. The Morgan fingerprint density at radius 3 is 2.89 bits per heavy atom. The number of piperidine rings is 1. The summed E-state index contributed by atoms with van der Waals surface area (Å²) in [6, 6.07) is 5.12. The zero-order chi connectivity index (χ0) is 13.1. The van der Waals surface area contributed by atoms with E-state index in [1.54, 1.807) is 19.1 Å². The molecule has 0 bridgehead atoms. The second-order valence-electron chi connectivity index (χ2n) is 4.98. The Bertz CT molecular complexity index is 453. The SMILES string of the molecule is Cc1c(F)cccc1NC(=O)[C@H]1CCN[C@@H](C)C1.Cl. The topological polar surface area (TPSA) is 41.1 Å². The first-order valence-corrected chi connectivity index (χ1v) is 6.37. The zero-order valence-corrected chi connectivity index (χ0v) is 12.0. The molecular formula is C14H20ClFN2O. The van der Waals surface area contributed by atoms with Gasteiger partial charge in [0.05, 0.1) is 0 Å². The summed E-state index contributed by atoms with van der Waals surface area (Å²) in [5, 5.41) is 6.15. The van der Waals surface area contributed by atoms with Crippen LogP contribution in [0, 0.1) is 18.7 Å². The van der Waals surface area contributed by atoms with Crippen LogP contribution in [-0.4, -0.2) is 18.5 Å². The smallest absolute Gasteiger partial charge is 0.227 e. The van der Waals surface area contributed by atoms with Gasteiger partial charge in [-0.25, -0.2) is 4.39 Å². The Kier molecular flexibility index (Phi) is 5.76. The first-order chi connectivity index (χ1) is 8.58. The van der Waals surface area contributed by atoms with Gasteiger partial charge in [-0.2, -0.15) is 0 Å². The van der Waals surface area contributed by atoms with Crippen LogP contribution < -0.4 is 10.6 Å². The fourth-order valence-corrected chi connectivity index (χ4v) is 2.35. The molecule has 1 aliphatic heterocycles. The molecule has 1 aliphatic rings. The van der Waals surface area contributed by atoms with Crippen LogP contribution >= 0.6 is 12.4 Å². The molecule has 5 heteroatoms. The molecule has 2 atom stereocenters. The number of carbonyl (C=O) groups is 1. The predicted molar refractivity (Wildman–Crippen MR) is 77.2 cm³/mol. The number of benzene rings is 1. The third-order valence-electron chi connectivity index (χ3n) is 3.52. The van der Waals surface area contributed by atoms with E-state index < -0.39 is 0 Å². The number of anilines is 1. The number of carbonyl (C=O) groups excluding carboxylic acids is 1. The van der Waals surface area contributed by atoms with E-state index in [1.807, 2.05) is 0 Å². The van der Waals surface area contributed by atoms with Crippen molar-refractivity contribution in [1.82, 2.24) is 5.32 Å². The minimum Gasteiger partial charge on any atom is -0.326 e. The number of amides is 1. The standard InChI is InChI=1S/C14H19FN2O.ClH/c1-9-8-11(6-7-16-9)14(18)17-13-5-3-4-12(15)10(13)2;/h3-5,9,11,16H,6-8H2,1-2H3,(H,17,18);1H/t9-,11-;/m0./s1. The number of nitrogens with one attached hydrogen (secondary N) is 2. The molecule has 0 spiro atoms. The van der Waals surface area contributed by atoms with E-state index in [4.69, 9.17) is 0 Å². The van der Waals surface area contributed by atoms with E-state index in [-0.39, 0.29) is 30.0 Å². The van der Waals surface area contributed by atoms with Gasteiger partial charge in [-0.05, 0) is 45.4 Å². The fraction of sp³-hybridized carbons (Fsp3) is 0.500. The molecule has 106 valence electrons. The lowest BCUT2D eigenvalue weighted by Crippen LogP contribution is -2.40. The molecule has 2 N–H and O–H groups in total. The van der Waals surface area contributed by atoms with Gasteiger partial charge in [0.1, 0.15) is 5.82 Å². The van der Waals surface area contributed by atoms with E-state index in [0.29, 0.717) is 17.3 Å². The Morgan fingerprint density at radius 2 is 2.21 bits per heavy atom. The van der Waals surface area contributed by atoms with Gasteiger partial charge in [0.15, 0.2) is 0 Å². The van der Waals surface area contributed by atoms with Gasteiger partial charge in [0, 0.05) is 23.2 Å². The molecule has 2 rings (SSSR count). The molecule has 0 aromatic heterocycles. The third-order valence-corrected chi connectivity index (χ3v) is 3.52. The first-order valence-electron chi connectivity index (χ1n) is 6.37. The van der Waals surface area contributed by atoms with Gasteiger partial charge in [-0.3, -0.25) is 4.79 Å². The maximum atomic E-state index is 13.4. The van der Waals surface area contributed by atoms with Crippen molar-refractivity contribution in [2.75, 3.05) is 11.9 Å². The zero-order valence-electron chi connectivity index (χ0n) is 11.2. The highest BCUT2D eigenvalue weighted by Crippen LogP contribution is 2.21. The van der Waals surface area contributed by atoms with Crippen molar-refractivity contribution in [3.8, 4) is 0 Å². The van der Waals surface area contributed by atoms with E-state index in [0.717, 1.165) is 19.4 Å². The quantitative estimate of drug-likeness (QED) is 0.878. The van der Waals surface area contributed by atoms with Gasteiger partial charge in [0.25, 0.3) is 0 Å². The Morgan fingerprint density at radius 1 is 1.47 bits per heavy atom. The molecule has 1 aromatic carbocycles. The van der Waals surface area contributed by atoms with Crippen LogP contribution in [0.2, 0.25) is 0 Å². The van der Waals surface area contributed by atoms with Gasteiger partial charge in [0.2, 0.25) is 5.91 Å². The highest BCUT2D eigenvalue weighted by atomic mass is 35.5. The molecule has 1 amide bonds. The van der Waals surface area contributed by atoms with Gasteiger partial charge in [-0.15, -0.1) is 12.4 Å². The van der Waals surface area contributed by atoms with E-state index in [2.05, 4.69) is 17.6 Å². The molecule has 1 saturated heterocycles. The Labute approximate surface area is 119 Å². The summed E-state index contributed by atoms with van der Waals surface area (Å²) in [6.45, 7) is 4.62. The summed E-state index contributed by atoms with van der Waals surface area (Å²) in [6.07, 6.45) is 1.67. The summed E-state index contributed by atoms with van der Waals surface area (Å²) < 4.78 is 13.4. The van der Waals surface area contributed by atoms with Crippen molar-refractivity contribution >= 4 is 24.0 Å². The molecule has 0 aliphatic carbocycles. The van der Waals surface area contributed by atoms with Crippen molar-refractivity contribution in [2.45, 2.75) is 32.7 Å². The summed E-state index contributed by atoms with van der Waals surface area (Å²) in [4.78, 5) is 12.1. The van der Waals surface area contributed by atoms with Gasteiger partial charge < -0.3 is 10.6 Å². The van der Waals surface area contributed by atoms with Crippen LogP contribution in [0.3, 0.4) is 0 Å². The normalized spacial score (nSPS) is 22.5. The van der Waals surface area contributed by atoms with Gasteiger partial charge in [-0.1, -0.05) is 6.07 Å². The summed E-state index contributed by atoms with van der Waals surface area (Å²) in [5.74, 6) is -0.271. The van der Waals surface area contributed by atoms with E-state index >= 15 is 0 Å². The van der Waals surface area contributed by atoms with E-state index in [9.17, 15) is 9.18 Å². The molecule has 0 saturated carbocycles. The lowest BCUT2D eigenvalue weighted by atomic mass is 9.92. The monoisotopic (exact) mass is 286 g/mol. The van der Waals surface area contributed by atoms with E-state index in [1.165, 1.54) is 6.07 Å². The minimum atomic E-state index is -0.286. The Hall–Kier alpha value is -1.13. The van der Waals surface area contributed by atoms with Crippen LogP contribution in [0.25, 0.3) is 0 Å². The molecule has 0 unspecified atom stereocenters. The highest BCUT2D eigenvalue weighted by Gasteiger charge is 2.25. The number of halogens is 2. The molecule has 0 radical (unpaired) electrons. The number of hydrogen-bond acceptors (Lipinski definition) is 2. The molecular weight excluding hydrogens is 267 g/mol. The number of hydrogen-bond donors (Lipinski definition) is 2. The lowest BCUT2D eigenvalue weighted by Gasteiger charge is -2.27. The van der Waals surface area contributed by atoms with Crippen molar-refractivity contribution < 1.29 is 9.18 Å². The van der Waals surface area contributed by atoms with Gasteiger partial charge >= 0.3 is 0 Å². The maximum Gasteiger partial charge on any atom is 0.227 e. The van der Waals surface area contributed by atoms with Crippen molar-refractivity contribution in [2.24, 2.45) is 5.92 Å². The summed E-state index contributed by atoms with van der Waals surface area (Å²) in [5.41, 5.74) is 1.07. The average molecular weight is 287 g/mol.